The van der Waals surface area contributed by atoms with Crippen LogP contribution in [-0.2, 0) is 12.8 Å². The molecule has 1 aromatic heterocycles. The number of nitro benzene ring substituents is 1. The molecule has 1 N–H and O–H groups in total. The topological polar surface area (TPSA) is 85.1 Å². The number of nitrogens with one attached hydrogen (secondary N) is 1. The quantitative estimate of drug-likeness (QED) is 0.570. The second-order valence-corrected chi connectivity index (χ2v) is 6.16. The number of nitro groups is 1. The summed E-state index contributed by atoms with van der Waals surface area (Å²) < 4.78 is 14.0. The summed E-state index contributed by atoms with van der Waals surface area (Å²) in [4.78, 5) is 27.8. The van der Waals surface area contributed by atoms with Crippen LogP contribution in [0.3, 0.4) is 0 Å². The molecule has 0 bridgehead atoms. The number of amides is 1. The van der Waals surface area contributed by atoms with Crippen LogP contribution in [0.25, 0.3) is 10.9 Å². The number of hydrogen-bond acceptors (Lipinski definition) is 4. The van der Waals surface area contributed by atoms with E-state index in [4.69, 9.17) is 0 Å². The lowest BCUT2D eigenvalue weighted by Gasteiger charge is -2.13. The normalized spacial score (nSPS) is 12.8. The van der Waals surface area contributed by atoms with Crippen molar-refractivity contribution in [3.05, 3.63) is 75.2 Å². The van der Waals surface area contributed by atoms with E-state index < -0.39 is 16.6 Å². The van der Waals surface area contributed by atoms with E-state index in [-0.39, 0.29) is 11.4 Å². The van der Waals surface area contributed by atoms with Gasteiger partial charge in [-0.05, 0) is 37.0 Å². The summed E-state index contributed by atoms with van der Waals surface area (Å²) in [7, 11) is 0. The molecule has 3 aromatic rings. The van der Waals surface area contributed by atoms with Gasteiger partial charge in [0.05, 0.1) is 21.7 Å². The molecular formula is C19H14FN3O3. The number of fused-ring (bicyclic) bond motifs is 2. The Labute approximate surface area is 147 Å². The Kier molecular flexibility index (Phi) is 3.84. The van der Waals surface area contributed by atoms with E-state index in [0.717, 1.165) is 48.7 Å². The summed E-state index contributed by atoms with van der Waals surface area (Å²) in [5.74, 6) is -1.21. The Bertz CT molecular complexity index is 1070. The van der Waals surface area contributed by atoms with Crippen molar-refractivity contribution in [3.63, 3.8) is 0 Å². The number of hydrogen-bond donors (Lipinski definition) is 1. The Balaban J connectivity index is 1.81. The van der Waals surface area contributed by atoms with Gasteiger partial charge in [-0.1, -0.05) is 18.2 Å². The van der Waals surface area contributed by atoms with Gasteiger partial charge in [0.25, 0.3) is 11.6 Å². The van der Waals surface area contributed by atoms with E-state index in [1.807, 2.05) is 18.2 Å². The van der Waals surface area contributed by atoms with Gasteiger partial charge in [-0.2, -0.15) is 0 Å². The first-order valence-electron chi connectivity index (χ1n) is 8.20. The van der Waals surface area contributed by atoms with Crippen molar-refractivity contribution in [3.8, 4) is 0 Å². The van der Waals surface area contributed by atoms with Crippen molar-refractivity contribution < 1.29 is 14.1 Å². The number of para-hydroxylation sites is 1. The molecule has 0 radical (unpaired) electrons. The molecule has 4 rings (SSSR count). The molecule has 1 amide bonds. The summed E-state index contributed by atoms with van der Waals surface area (Å²) in [5.41, 5.74) is 2.43. The van der Waals surface area contributed by atoms with Crippen LogP contribution in [-0.4, -0.2) is 15.8 Å². The lowest BCUT2D eigenvalue weighted by Crippen LogP contribution is -2.16. The molecule has 0 saturated carbocycles. The zero-order chi connectivity index (χ0) is 18.3. The van der Waals surface area contributed by atoms with E-state index in [2.05, 4.69) is 10.3 Å². The van der Waals surface area contributed by atoms with Crippen LogP contribution in [0.2, 0.25) is 0 Å². The van der Waals surface area contributed by atoms with Gasteiger partial charge >= 0.3 is 0 Å². The number of carbonyl (C=O) groups is 1. The number of rotatable bonds is 3. The maximum absolute atomic E-state index is 14.0. The van der Waals surface area contributed by atoms with E-state index in [0.29, 0.717) is 16.5 Å². The van der Waals surface area contributed by atoms with Crippen LogP contribution in [0.4, 0.5) is 15.8 Å². The minimum Gasteiger partial charge on any atom is -0.319 e. The van der Waals surface area contributed by atoms with Crippen LogP contribution in [0.5, 0.6) is 0 Å². The second kappa shape index (κ2) is 6.18. The monoisotopic (exact) mass is 351 g/mol. The van der Waals surface area contributed by atoms with Crippen LogP contribution in [0.15, 0.2) is 42.5 Å². The number of non-ortho nitro benzene ring substituents is 1. The number of aromatic nitrogens is 1. The van der Waals surface area contributed by atoms with Crippen LogP contribution in [0, 0.1) is 15.9 Å². The summed E-state index contributed by atoms with van der Waals surface area (Å²) in [6.07, 6.45) is 2.43. The minimum absolute atomic E-state index is 0.211. The molecule has 1 aliphatic carbocycles. The summed E-state index contributed by atoms with van der Waals surface area (Å²) in [5, 5.41) is 14.1. The molecule has 1 heterocycles. The molecule has 0 aliphatic heterocycles. The highest BCUT2D eigenvalue weighted by molar-refractivity contribution is 6.13. The highest BCUT2D eigenvalue weighted by Gasteiger charge is 2.24. The van der Waals surface area contributed by atoms with Gasteiger partial charge in [0, 0.05) is 23.2 Å². The Morgan fingerprint density at radius 1 is 1.19 bits per heavy atom. The molecule has 2 aromatic carbocycles. The Morgan fingerprint density at radius 2 is 2.00 bits per heavy atom. The van der Waals surface area contributed by atoms with Gasteiger partial charge in [0.15, 0.2) is 0 Å². The summed E-state index contributed by atoms with van der Waals surface area (Å²) >= 11 is 0. The molecule has 1 aliphatic rings. The standard InChI is InChI=1S/C19H14FN3O3/c20-14-9-8-11(23(25)26)10-17(14)22-19(24)18-12-4-1-2-6-15(12)21-16-7-3-5-13(16)18/h1-2,4,6,8-10H,3,5,7H2,(H,22,24). The lowest BCUT2D eigenvalue weighted by atomic mass is 10.0. The largest absolute Gasteiger partial charge is 0.319 e. The number of carbonyl (C=O) groups excluding carboxylic acids is 1. The molecular weight excluding hydrogens is 337 g/mol. The number of halogens is 1. The third-order valence-electron chi connectivity index (χ3n) is 4.56. The van der Waals surface area contributed by atoms with Crippen molar-refractivity contribution in [1.82, 2.24) is 4.98 Å². The highest BCUT2D eigenvalue weighted by Crippen LogP contribution is 2.31. The van der Waals surface area contributed by atoms with Gasteiger partial charge < -0.3 is 5.32 Å². The molecule has 7 heteroatoms. The second-order valence-electron chi connectivity index (χ2n) is 6.16. The van der Waals surface area contributed by atoms with Crippen molar-refractivity contribution in [2.45, 2.75) is 19.3 Å². The van der Waals surface area contributed by atoms with Gasteiger partial charge in [0.2, 0.25) is 0 Å². The molecule has 130 valence electrons. The van der Waals surface area contributed by atoms with Crippen LogP contribution in [0.1, 0.15) is 28.0 Å². The maximum atomic E-state index is 14.0. The maximum Gasteiger partial charge on any atom is 0.271 e. The van der Waals surface area contributed by atoms with E-state index >= 15 is 0 Å². The molecule has 26 heavy (non-hydrogen) atoms. The minimum atomic E-state index is -0.723. The number of anilines is 1. The van der Waals surface area contributed by atoms with E-state index in [1.54, 1.807) is 6.07 Å². The van der Waals surface area contributed by atoms with Gasteiger partial charge in [0.1, 0.15) is 5.82 Å². The SMILES string of the molecule is O=C(Nc1cc([N+](=O)[O-])ccc1F)c1c2c(nc3ccccc13)CCC2. The number of benzene rings is 2. The summed E-state index contributed by atoms with van der Waals surface area (Å²) in [6.45, 7) is 0. The fourth-order valence-corrected chi connectivity index (χ4v) is 3.38. The predicted octanol–water partition coefficient (Wildman–Crippen LogP) is 4.02. The average molecular weight is 351 g/mol. The van der Waals surface area contributed by atoms with E-state index in [1.165, 1.54) is 0 Å². The first-order chi connectivity index (χ1) is 12.5. The number of aryl methyl sites for hydroxylation is 1. The smallest absolute Gasteiger partial charge is 0.271 e. The third kappa shape index (κ3) is 2.67. The molecule has 0 unspecified atom stereocenters. The lowest BCUT2D eigenvalue weighted by molar-refractivity contribution is -0.384. The predicted molar refractivity (Wildman–Crippen MR) is 94.8 cm³/mol. The molecule has 6 nitrogen and oxygen atoms in total. The van der Waals surface area contributed by atoms with Crippen LogP contribution < -0.4 is 5.32 Å². The molecule has 0 fully saturated rings. The molecule has 0 spiro atoms. The van der Waals surface area contributed by atoms with Crippen molar-refractivity contribution >= 4 is 28.2 Å². The third-order valence-corrected chi connectivity index (χ3v) is 4.56. The van der Waals surface area contributed by atoms with E-state index in [9.17, 15) is 19.3 Å². The van der Waals surface area contributed by atoms with Crippen molar-refractivity contribution in [1.29, 1.82) is 0 Å². The molecule has 0 saturated heterocycles. The van der Waals surface area contributed by atoms with Gasteiger partial charge in [-0.15, -0.1) is 0 Å². The fourth-order valence-electron chi connectivity index (χ4n) is 3.38. The van der Waals surface area contributed by atoms with Gasteiger partial charge in [-0.25, -0.2) is 4.39 Å². The average Bonchev–Trinajstić information content (AvgIpc) is 3.09. The fraction of sp³-hybridized carbons (Fsp3) is 0.158. The Morgan fingerprint density at radius 3 is 2.81 bits per heavy atom. The zero-order valence-corrected chi connectivity index (χ0v) is 13.7. The van der Waals surface area contributed by atoms with Crippen molar-refractivity contribution in [2.24, 2.45) is 0 Å². The number of nitrogens with zero attached hydrogens (tertiary/aromatic N) is 2. The van der Waals surface area contributed by atoms with Gasteiger partial charge in [-0.3, -0.25) is 19.9 Å². The molecule has 0 atom stereocenters. The zero-order valence-electron chi connectivity index (χ0n) is 13.7. The Hall–Kier alpha value is -3.35. The summed E-state index contributed by atoms with van der Waals surface area (Å²) in [6, 6.07) is 10.4. The first-order valence-corrected chi connectivity index (χ1v) is 8.20. The van der Waals surface area contributed by atoms with Crippen LogP contribution >= 0.6 is 0 Å². The van der Waals surface area contributed by atoms with Crippen molar-refractivity contribution in [2.75, 3.05) is 5.32 Å². The first kappa shape index (κ1) is 16.1. The highest BCUT2D eigenvalue weighted by atomic mass is 19.1. The number of pyridine rings is 1.